The van der Waals surface area contributed by atoms with Gasteiger partial charge >= 0.3 is 6.03 Å². The van der Waals surface area contributed by atoms with Crippen LogP contribution in [0.4, 0.5) is 10.5 Å². The molecule has 6 heteroatoms. The first kappa shape index (κ1) is 13.5. The minimum absolute atomic E-state index is 0.103. The summed E-state index contributed by atoms with van der Waals surface area (Å²) in [5.41, 5.74) is 0.546. The minimum Gasteiger partial charge on any atom is -0.394 e. The molecule has 0 fully saturated rings. The molecule has 0 aliphatic heterocycles. The van der Waals surface area contributed by atoms with E-state index in [2.05, 4.69) is 33.2 Å². The van der Waals surface area contributed by atoms with Gasteiger partial charge in [0.05, 0.1) is 23.4 Å². The van der Waals surface area contributed by atoms with Crippen molar-refractivity contribution in [3.8, 4) is 0 Å². The van der Waals surface area contributed by atoms with E-state index in [1.807, 2.05) is 6.07 Å². The monoisotopic (exact) mass is 354 g/mol. The number of hydrogen-bond donors (Lipinski definition) is 3. The number of carbonyl (C=O) groups is 1. The summed E-state index contributed by atoms with van der Waals surface area (Å²) in [6.45, 7) is 1.60. The standard InChI is InChI=1S/C10H12ClIN2O2/c1-6(5-15)13-10(16)14-9-3-2-7(12)4-8(9)11/h2-4,6,15H,5H2,1H3,(H2,13,14,16)/t6-/m0/s1. The van der Waals surface area contributed by atoms with Gasteiger partial charge in [-0.05, 0) is 47.7 Å². The Labute approximate surface area is 113 Å². The maximum absolute atomic E-state index is 11.4. The molecule has 0 saturated carbocycles. The van der Waals surface area contributed by atoms with Crippen molar-refractivity contribution in [2.24, 2.45) is 0 Å². The average molecular weight is 355 g/mol. The van der Waals surface area contributed by atoms with Gasteiger partial charge in [-0.25, -0.2) is 4.79 Å². The number of aliphatic hydroxyl groups is 1. The molecule has 2 amide bonds. The molecule has 0 unspecified atom stereocenters. The third-order valence-corrected chi connectivity index (χ3v) is 2.81. The van der Waals surface area contributed by atoms with Gasteiger partial charge in [-0.2, -0.15) is 0 Å². The highest BCUT2D eigenvalue weighted by atomic mass is 127. The minimum atomic E-state index is -0.385. The van der Waals surface area contributed by atoms with E-state index >= 15 is 0 Å². The fraction of sp³-hybridized carbons (Fsp3) is 0.300. The predicted molar refractivity (Wildman–Crippen MR) is 72.9 cm³/mol. The van der Waals surface area contributed by atoms with Crippen LogP contribution in [0.25, 0.3) is 0 Å². The van der Waals surface area contributed by atoms with Crippen LogP contribution >= 0.6 is 34.2 Å². The molecule has 4 nitrogen and oxygen atoms in total. The molecule has 0 heterocycles. The number of amides is 2. The third-order valence-electron chi connectivity index (χ3n) is 1.83. The van der Waals surface area contributed by atoms with Crippen LogP contribution in [0.3, 0.4) is 0 Å². The van der Waals surface area contributed by atoms with Gasteiger partial charge in [-0.15, -0.1) is 0 Å². The van der Waals surface area contributed by atoms with Crippen LogP contribution in [0.2, 0.25) is 5.02 Å². The topological polar surface area (TPSA) is 61.4 Å². The van der Waals surface area contributed by atoms with Crippen molar-refractivity contribution in [2.45, 2.75) is 13.0 Å². The number of anilines is 1. The number of hydrogen-bond acceptors (Lipinski definition) is 2. The van der Waals surface area contributed by atoms with Gasteiger partial charge in [0.25, 0.3) is 0 Å². The average Bonchev–Trinajstić information content (AvgIpc) is 2.22. The first-order chi connectivity index (χ1) is 7.52. The summed E-state index contributed by atoms with van der Waals surface area (Å²) in [6.07, 6.45) is 0. The maximum Gasteiger partial charge on any atom is 0.319 e. The lowest BCUT2D eigenvalue weighted by atomic mass is 10.3. The summed E-state index contributed by atoms with van der Waals surface area (Å²) in [5.74, 6) is 0. The molecule has 0 aliphatic rings. The van der Waals surface area contributed by atoms with Crippen LogP contribution in [0.1, 0.15) is 6.92 Å². The molecule has 0 bridgehead atoms. The van der Waals surface area contributed by atoms with E-state index in [9.17, 15) is 4.79 Å². The van der Waals surface area contributed by atoms with E-state index in [0.29, 0.717) is 10.7 Å². The predicted octanol–water partition coefficient (Wildman–Crippen LogP) is 2.45. The fourth-order valence-corrected chi connectivity index (χ4v) is 1.92. The molecule has 0 aliphatic carbocycles. The van der Waals surface area contributed by atoms with Crippen molar-refractivity contribution < 1.29 is 9.90 Å². The Morgan fingerprint density at radius 2 is 2.31 bits per heavy atom. The van der Waals surface area contributed by atoms with Crippen molar-refractivity contribution in [1.82, 2.24) is 5.32 Å². The van der Waals surface area contributed by atoms with Crippen molar-refractivity contribution >= 4 is 45.9 Å². The molecule has 1 rings (SSSR count). The first-order valence-electron chi connectivity index (χ1n) is 4.66. The molecular weight excluding hydrogens is 342 g/mol. The molecular formula is C10H12ClIN2O2. The van der Waals surface area contributed by atoms with Crippen LogP contribution in [0.15, 0.2) is 18.2 Å². The summed E-state index contributed by atoms with van der Waals surface area (Å²) >= 11 is 8.08. The molecule has 0 aromatic heterocycles. The van der Waals surface area contributed by atoms with Gasteiger partial charge in [-0.3, -0.25) is 0 Å². The third kappa shape index (κ3) is 4.15. The second-order valence-electron chi connectivity index (χ2n) is 3.31. The quantitative estimate of drug-likeness (QED) is 0.730. The lowest BCUT2D eigenvalue weighted by Crippen LogP contribution is -2.38. The normalized spacial score (nSPS) is 12.0. The summed E-state index contributed by atoms with van der Waals surface area (Å²) in [4.78, 5) is 11.4. The van der Waals surface area contributed by atoms with Crippen LogP contribution in [-0.4, -0.2) is 23.8 Å². The van der Waals surface area contributed by atoms with E-state index in [1.165, 1.54) is 0 Å². The van der Waals surface area contributed by atoms with E-state index in [0.717, 1.165) is 3.57 Å². The Hall–Kier alpha value is -0.530. The number of halogens is 2. The van der Waals surface area contributed by atoms with E-state index < -0.39 is 0 Å². The molecule has 1 aromatic rings. The van der Waals surface area contributed by atoms with E-state index in [1.54, 1.807) is 19.1 Å². The Morgan fingerprint density at radius 3 is 2.88 bits per heavy atom. The molecule has 1 aromatic carbocycles. The Morgan fingerprint density at radius 1 is 1.62 bits per heavy atom. The van der Waals surface area contributed by atoms with Crippen LogP contribution < -0.4 is 10.6 Å². The van der Waals surface area contributed by atoms with Crippen molar-refractivity contribution in [3.05, 3.63) is 26.8 Å². The number of rotatable bonds is 3. The lowest BCUT2D eigenvalue weighted by molar-refractivity contribution is 0.229. The molecule has 1 atom stereocenters. The van der Waals surface area contributed by atoms with E-state index in [-0.39, 0.29) is 18.7 Å². The fourth-order valence-electron chi connectivity index (χ4n) is 1.02. The van der Waals surface area contributed by atoms with Gasteiger partial charge in [-0.1, -0.05) is 11.6 Å². The number of aliphatic hydroxyl groups excluding tert-OH is 1. The zero-order valence-electron chi connectivity index (χ0n) is 8.63. The van der Waals surface area contributed by atoms with Gasteiger partial charge < -0.3 is 15.7 Å². The Balaban J connectivity index is 2.63. The highest BCUT2D eigenvalue weighted by Crippen LogP contribution is 2.23. The van der Waals surface area contributed by atoms with Crippen LogP contribution in [0, 0.1) is 3.57 Å². The smallest absolute Gasteiger partial charge is 0.319 e. The number of urea groups is 1. The largest absolute Gasteiger partial charge is 0.394 e. The van der Waals surface area contributed by atoms with Gasteiger partial charge in [0.2, 0.25) is 0 Å². The van der Waals surface area contributed by atoms with Crippen LogP contribution in [0.5, 0.6) is 0 Å². The Bertz CT molecular complexity index is 387. The first-order valence-corrected chi connectivity index (χ1v) is 6.12. The van der Waals surface area contributed by atoms with Crippen molar-refractivity contribution in [3.63, 3.8) is 0 Å². The molecule has 0 radical (unpaired) electrons. The molecule has 3 N–H and O–H groups in total. The maximum atomic E-state index is 11.4. The molecule has 0 spiro atoms. The number of benzene rings is 1. The van der Waals surface area contributed by atoms with Gasteiger partial charge in [0.1, 0.15) is 0 Å². The summed E-state index contributed by atoms with van der Waals surface area (Å²) in [6, 6.07) is 4.66. The zero-order chi connectivity index (χ0) is 12.1. The molecule has 0 saturated heterocycles. The summed E-state index contributed by atoms with van der Waals surface area (Å²) in [7, 11) is 0. The van der Waals surface area contributed by atoms with Crippen molar-refractivity contribution in [1.29, 1.82) is 0 Å². The summed E-state index contributed by atoms with van der Waals surface area (Å²) in [5, 5.41) is 14.4. The number of nitrogens with one attached hydrogen (secondary N) is 2. The second-order valence-corrected chi connectivity index (χ2v) is 4.96. The van der Waals surface area contributed by atoms with Crippen molar-refractivity contribution in [2.75, 3.05) is 11.9 Å². The Kier molecular flexibility index (Phi) is 5.30. The van der Waals surface area contributed by atoms with Gasteiger partial charge in [0.15, 0.2) is 0 Å². The number of carbonyl (C=O) groups excluding carboxylic acids is 1. The van der Waals surface area contributed by atoms with Crippen LogP contribution in [-0.2, 0) is 0 Å². The molecule has 88 valence electrons. The lowest BCUT2D eigenvalue weighted by Gasteiger charge is -2.12. The van der Waals surface area contributed by atoms with Gasteiger partial charge in [0, 0.05) is 3.57 Å². The zero-order valence-corrected chi connectivity index (χ0v) is 11.5. The summed E-state index contributed by atoms with van der Waals surface area (Å²) < 4.78 is 0.997. The highest BCUT2D eigenvalue weighted by molar-refractivity contribution is 14.1. The van der Waals surface area contributed by atoms with E-state index in [4.69, 9.17) is 16.7 Å². The highest BCUT2D eigenvalue weighted by Gasteiger charge is 2.08. The molecule has 16 heavy (non-hydrogen) atoms. The second kappa shape index (κ2) is 6.27. The SMILES string of the molecule is C[C@@H](CO)NC(=O)Nc1ccc(I)cc1Cl.